The van der Waals surface area contributed by atoms with Gasteiger partial charge >= 0.3 is 0 Å². The van der Waals surface area contributed by atoms with E-state index in [4.69, 9.17) is 0 Å². The number of carbonyl (C=O) groups is 1. The van der Waals surface area contributed by atoms with Crippen LogP contribution >= 0.6 is 10.4 Å². The predicted molar refractivity (Wildman–Crippen MR) is 106 cm³/mol. The molecule has 0 N–H and O–H groups in total. The van der Waals surface area contributed by atoms with Crippen molar-refractivity contribution < 1.29 is 4.79 Å². The highest BCUT2D eigenvalue weighted by Gasteiger charge is 2.54. The van der Waals surface area contributed by atoms with Crippen molar-refractivity contribution in [3.8, 4) is 0 Å². The van der Waals surface area contributed by atoms with Crippen LogP contribution in [0.1, 0.15) is 17.3 Å². The zero-order valence-electron chi connectivity index (χ0n) is 14.3. The fraction of sp³-hybridized carbons (Fsp3) is 0.0952. The molecule has 0 aliphatic carbocycles. The molecule has 4 rings (SSSR count). The molecule has 0 amide bonds. The maximum absolute atomic E-state index is 11.6. The maximum atomic E-state index is 11.6. The molecular formula is C21H20N2OS. The minimum Gasteiger partial charge on any atom is -0.295 e. The Kier molecular flexibility index (Phi) is 3.77. The Hall–Kier alpha value is -2.72. The third-order valence-electron chi connectivity index (χ3n) is 4.48. The monoisotopic (exact) mass is 348 g/mol. The lowest BCUT2D eigenvalue weighted by Crippen LogP contribution is -2.03. The summed E-state index contributed by atoms with van der Waals surface area (Å²) < 4.78 is 4.71. The lowest BCUT2D eigenvalue weighted by Gasteiger charge is -2.14. The zero-order valence-corrected chi connectivity index (χ0v) is 15.1. The first kappa shape index (κ1) is 15.8. The Morgan fingerprint density at radius 1 is 0.720 bits per heavy atom. The predicted octanol–water partition coefficient (Wildman–Crippen LogP) is 5.45. The van der Waals surface area contributed by atoms with Crippen LogP contribution in [0.15, 0.2) is 89.8 Å². The van der Waals surface area contributed by atoms with Crippen molar-refractivity contribution in [2.75, 3.05) is 15.1 Å². The van der Waals surface area contributed by atoms with Gasteiger partial charge in [-0.05, 0) is 65.9 Å². The molecule has 0 radical (unpaired) electrons. The molecule has 3 aromatic carbocycles. The summed E-state index contributed by atoms with van der Waals surface area (Å²) in [5, 5.41) is 0. The Balaban J connectivity index is 1.77. The van der Waals surface area contributed by atoms with Crippen LogP contribution in [0.4, 0.5) is 11.4 Å². The van der Waals surface area contributed by atoms with E-state index in [9.17, 15) is 4.79 Å². The van der Waals surface area contributed by atoms with E-state index in [1.165, 1.54) is 10.6 Å². The van der Waals surface area contributed by atoms with Gasteiger partial charge in [-0.1, -0.05) is 36.4 Å². The quantitative estimate of drug-likeness (QED) is 0.462. The highest BCUT2D eigenvalue weighted by atomic mass is 32.3. The van der Waals surface area contributed by atoms with Crippen molar-refractivity contribution in [3.63, 3.8) is 0 Å². The number of hydrogen-bond acceptors (Lipinski definition) is 3. The summed E-state index contributed by atoms with van der Waals surface area (Å²) >= 11 is 0. The van der Waals surface area contributed by atoms with Crippen molar-refractivity contribution in [2.45, 2.75) is 11.8 Å². The summed E-state index contributed by atoms with van der Waals surface area (Å²) in [4.78, 5) is 12.9. The molecule has 1 saturated heterocycles. The van der Waals surface area contributed by atoms with Crippen LogP contribution in [0.5, 0.6) is 0 Å². The first-order valence-corrected chi connectivity index (χ1v) is 10.2. The zero-order chi connectivity index (χ0) is 17.4. The number of para-hydroxylation sites is 1. The van der Waals surface area contributed by atoms with Gasteiger partial charge in [0.1, 0.15) is 0 Å². The Morgan fingerprint density at radius 2 is 1.20 bits per heavy atom. The van der Waals surface area contributed by atoms with E-state index >= 15 is 0 Å². The molecule has 0 spiro atoms. The molecule has 0 bridgehead atoms. The van der Waals surface area contributed by atoms with Crippen LogP contribution in [-0.2, 0) is 0 Å². The summed E-state index contributed by atoms with van der Waals surface area (Å²) in [7, 11) is -1.29. The lowest BCUT2D eigenvalue weighted by atomic mass is 10.1. The van der Waals surface area contributed by atoms with Gasteiger partial charge in [0.25, 0.3) is 0 Å². The first-order valence-electron chi connectivity index (χ1n) is 8.22. The molecule has 4 heteroatoms. The van der Waals surface area contributed by atoms with Crippen LogP contribution in [0.2, 0.25) is 0 Å². The van der Waals surface area contributed by atoms with E-state index < -0.39 is 10.4 Å². The SMILES string of the molecule is CC(=O)c1ccc(N2N(c3ccccc3)S2(C)c2ccccc2)cc1. The number of hydrogen-bond donors (Lipinski definition) is 0. The normalized spacial score (nSPS) is 21.5. The van der Waals surface area contributed by atoms with Gasteiger partial charge < -0.3 is 0 Å². The van der Waals surface area contributed by atoms with Crippen LogP contribution in [0.3, 0.4) is 0 Å². The second kappa shape index (κ2) is 5.97. The fourth-order valence-corrected chi connectivity index (χ4v) is 6.19. The molecule has 1 fully saturated rings. The Labute approximate surface area is 150 Å². The second-order valence-corrected chi connectivity index (χ2v) is 8.96. The van der Waals surface area contributed by atoms with Crippen molar-refractivity contribution in [3.05, 3.63) is 90.5 Å². The number of benzene rings is 3. The van der Waals surface area contributed by atoms with E-state index in [0.717, 1.165) is 11.3 Å². The molecule has 0 saturated carbocycles. The molecule has 3 nitrogen and oxygen atoms in total. The van der Waals surface area contributed by atoms with Gasteiger partial charge in [-0.3, -0.25) is 4.79 Å². The van der Waals surface area contributed by atoms with Crippen LogP contribution < -0.4 is 8.83 Å². The van der Waals surface area contributed by atoms with Crippen LogP contribution in [0.25, 0.3) is 0 Å². The van der Waals surface area contributed by atoms with E-state index in [1.807, 2.05) is 36.4 Å². The van der Waals surface area contributed by atoms with Gasteiger partial charge in [-0.2, -0.15) is 0 Å². The van der Waals surface area contributed by atoms with E-state index in [-0.39, 0.29) is 5.78 Å². The highest BCUT2D eigenvalue weighted by molar-refractivity contribution is 8.41. The van der Waals surface area contributed by atoms with Gasteiger partial charge in [0, 0.05) is 16.7 Å². The van der Waals surface area contributed by atoms with Crippen LogP contribution in [0, 0.1) is 0 Å². The first-order chi connectivity index (χ1) is 12.1. The minimum atomic E-state index is -1.29. The number of anilines is 2. The van der Waals surface area contributed by atoms with E-state index in [1.54, 1.807) is 6.92 Å². The topological polar surface area (TPSA) is 23.1 Å². The van der Waals surface area contributed by atoms with E-state index in [2.05, 4.69) is 63.6 Å². The van der Waals surface area contributed by atoms with Gasteiger partial charge in [0.15, 0.2) is 5.78 Å². The molecule has 126 valence electrons. The lowest BCUT2D eigenvalue weighted by molar-refractivity contribution is 0.101. The second-order valence-electron chi connectivity index (χ2n) is 6.13. The Bertz CT molecular complexity index is 896. The third-order valence-corrected chi connectivity index (χ3v) is 7.59. The highest BCUT2D eigenvalue weighted by Crippen LogP contribution is 2.75. The summed E-state index contributed by atoms with van der Waals surface area (Å²) in [5.74, 6) is 0.0930. The molecule has 1 heterocycles. The largest absolute Gasteiger partial charge is 0.295 e. The minimum absolute atomic E-state index is 0.0930. The fourth-order valence-electron chi connectivity index (χ4n) is 3.11. The number of rotatable bonds is 4. The summed E-state index contributed by atoms with van der Waals surface area (Å²) in [6.45, 7) is 1.60. The van der Waals surface area contributed by atoms with Crippen molar-refractivity contribution >= 4 is 27.6 Å². The molecule has 3 aromatic rings. The smallest absolute Gasteiger partial charge is 0.159 e. The molecular weight excluding hydrogens is 328 g/mol. The molecule has 0 aromatic heterocycles. The summed E-state index contributed by atoms with van der Waals surface area (Å²) in [6.07, 6.45) is 2.30. The van der Waals surface area contributed by atoms with Gasteiger partial charge in [-0.25, -0.2) is 8.83 Å². The maximum Gasteiger partial charge on any atom is 0.159 e. The van der Waals surface area contributed by atoms with Gasteiger partial charge in [-0.15, -0.1) is 0 Å². The summed E-state index contributed by atoms with van der Waals surface area (Å²) in [6, 6.07) is 28.9. The standard InChI is InChI=1S/C21H20N2OS/c1-17(24)18-13-15-20(16-14-18)23-22(19-9-5-3-6-10-19)25(23,2)21-11-7-4-8-12-21/h3-16H,1-2H3. The number of ketones is 1. The van der Waals surface area contributed by atoms with Crippen LogP contribution in [-0.4, -0.2) is 12.0 Å². The number of nitrogens with zero attached hydrogens (tertiary/aromatic N) is 2. The van der Waals surface area contributed by atoms with Gasteiger partial charge in [0.2, 0.25) is 0 Å². The molecule has 1 atom stereocenters. The van der Waals surface area contributed by atoms with Crippen molar-refractivity contribution in [1.29, 1.82) is 0 Å². The number of Topliss-reactive ketones (excluding diaryl/α,β-unsaturated/α-hetero) is 1. The van der Waals surface area contributed by atoms with Crippen molar-refractivity contribution in [1.82, 2.24) is 0 Å². The van der Waals surface area contributed by atoms with Gasteiger partial charge in [0.05, 0.1) is 11.4 Å². The molecule has 1 unspecified atom stereocenters. The summed E-state index contributed by atoms with van der Waals surface area (Å²) in [5.41, 5.74) is 3.03. The average molecular weight is 348 g/mol. The van der Waals surface area contributed by atoms with Crippen molar-refractivity contribution in [2.24, 2.45) is 0 Å². The molecule has 1 aliphatic heterocycles. The number of carbonyl (C=O) groups excluding carboxylic acids is 1. The van der Waals surface area contributed by atoms with E-state index in [0.29, 0.717) is 0 Å². The Morgan fingerprint density at radius 3 is 1.72 bits per heavy atom. The average Bonchev–Trinajstić information content (AvgIpc) is 3.30. The third kappa shape index (κ3) is 2.59. The molecule has 25 heavy (non-hydrogen) atoms. The molecule has 1 aliphatic rings. The number of hydrazine groups is 1.